The highest BCUT2D eigenvalue weighted by atomic mass is 127. The first-order valence-corrected chi connectivity index (χ1v) is 20.0. The molecule has 4 aliphatic carbocycles. The monoisotopic (exact) mass is 782 g/mol. The summed E-state index contributed by atoms with van der Waals surface area (Å²) in [6.07, 6.45) is 12.8. The summed E-state index contributed by atoms with van der Waals surface area (Å²) in [6.45, 7) is 5.71. The lowest BCUT2D eigenvalue weighted by Gasteiger charge is -2.49. The lowest BCUT2D eigenvalue weighted by molar-refractivity contribution is -0.132. The molecule has 2 fully saturated rings. The van der Waals surface area contributed by atoms with Crippen LogP contribution in [0.25, 0.3) is 5.57 Å². The maximum absolute atomic E-state index is 12.7. The molecule has 6 nitrogen and oxygen atoms in total. The standard InChI is InChI=1S/C20H26O3.C20H22O3.CH3I.CH4/c2*1-3-9-20-10-8-14-15-5-4-13(22-2)11-18(15)23-12-16(14)17(20)6-7-19(20)21;1-2;/h4-5,11,14,16-17H,3,6-10,12H2,1-2H3;4-6,11H,3,7-10,12H2,1-2H3;1H3;1H4/t14-,16+,17+,20+;20-;;/m10../s1. The van der Waals surface area contributed by atoms with Crippen LogP contribution in [0.5, 0.6) is 23.0 Å². The fraction of sp³-hybridized carbons (Fsp3) is 0.571. The Labute approximate surface area is 307 Å². The molecule has 2 heterocycles. The van der Waals surface area contributed by atoms with Crippen molar-refractivity contribution < 1.29 is 28.5 Å². The van der Waals surface area contributed by atoms with Gasteiger partial charge in [0.25, 0.3) is 0 Å². The Kier molecular flexibility index (Phi) is 11.9. The van der Waals surface area contributed by atoms with Crippen LogP contribution in [-0.2, 0) is 9.59 Å². The van der Waals surface area contributed by atoms with Crippen LogP contribution in [0, 0.1) is 22.7 Å². The predicted molar refractivity (Wildman–Crippen MR) is 205 cm³/mol. The van der Waals surface area contributed by atoms with Gasteiger partial charge in [-0.1, -0.05) is 68.8 Å². The molecule has 7 heteroatoms. The average molecular weight is 783 g/mol. The second-order valence-corrected chi connectivity index (χ2v) is 14.2. The smallest absolute Gasteiger partial charge is 0.147 e. The number of hydrogen-bond donors (Lipinski definition) is 0. The van der Waals surface area contributed by atoms with E-state index in [1.165, 1.54) is 22.3 Å². The van der Waals surface area contributed by atoms with E-state index in [1.54, 1.807) is 14.2 Å². The number of carbonyl (C=O) groups excluding carboxylic acids is 2. The van der Waals surface area contributed by atoms with Crippen molar-refractivity contribution in [3.63, 3.8) is 0 Å². The van der Waals surface area contributed by atoms with Crippen LogP contribution in [-0.4, -0.2) is 43.9 Å². The van der Waals surface area contributed by atoms with E-state index in [-0.39, 0.29) is 18.3 Å². The minimum atomic E-state index is -0.235. The van der Waals surface area contributed by atoms with E-state index in [2.05, 4.69) is 54.6 Å². The zero-order valence-corrected chi connectivity index (χ0v) is 31.5. The Morgan fingerprint density at radius 2 is 1.55 bits per heavy atom. The number of benzene rings is 2. The van der Waals surface area contributed by atoms with Gasteiger partial charge in [0, 0.05) is 41.9 Å². The summed E-state index contributed by atoms with van der Waals surface area (Å²) in [5.74, 6) is 6.06. The summed E-state index contributed by atoms with van der Waals surface area (Å²) in [6, 6.07) is 12.3. The molecule has 6 aliphatic rings. The Morgan fingerprint density at radius 3 is 2.27 bits per heavy atom. The van der Waals surface area contributed by atoms with Gasteiger partial charge < -0.3 is 18.9 Å². The van der Waals surface area contributed by atoms with Crippen LogP contribution in [0.1, 0.15) is 109 Å². The average Bonchev–Trinajstić information content (AvgIpc) is 3.64. The molecule has 2 saturated carbocycles. The van der Waals surface area contributed by atoms with Crippen molar-refractivity contribution in [1.82, 2.24) is 0 Å². The molecule has 5 atom stereocenters. The first kappa shape index (κ1) is 37.4. The van der Waals surface area contributed by atoms with E-state index in [9.17, 15) is 9.59 Å². The molecule has 2 aromatic carbocycles. The fourth-order valence-corrected chi connectivity index (χ4v) is 10.2. The van der Waals surface area contributed by atoms with Crippen LogP contribution in [0.15, 0.2) is 53.6 Å². The Balaban J connectivity index is 0.000000179. The summed E-state index contributed by atoms with van der Waals surface area (Å²) < 4.78 is 22.7. The Bertz CT molecular complexity index is 1610. The number of allylic oxidation sites excluding steroid dienone is 2. The number of rotatable bonds is 6. The lowest BCUT2D eigenvalue weighted by Crippen LogP contribution is -2.46. The van der Waals surface area contributed by atoms with Crippen LogP contribution in [0.3, 0.4) is 0 Å². The molecule has 0 amide bonds. The van der Waals surface area contributed by atoms with Gasteiger partial charge in [-0.05, 0) is 102 Å². The van der Waals surface area contributed by atoms with Gasteiger partial charge in [-0.25, -0.2) is 0 Å². The van der Waals surface area contributed by atoms with Crippen molar-refractivity contribution in [2.75, 3.05) is 32.4 Å². The van der Waals surface area contributed by atoms with E-state index < -0.39 is 0 Å². The molecule has 0 unspecified atom stereocenters. The molecule has 49 heavy (non-hydrogen) atoms. The zero-order valence-electron chi connectivity index (χ0n) is 29.3. The van der Waals surface area contributed by atoms with Crippen molar-refractivity contribution in [3.8, 4) is 23.0 Å². The van der Waals surface area contributed by atoms with Crippen molar-refractivity contribution in [2.45, 2.75) is 97.8 Å². The number of ether oxygens (including phenoxy) is 4. The number of methoxy groups -OCH3 is 2. The van der Waals surface area contributed by atoms with Gasteiger partial charge in [0.1, 0.15) is 41.2 Å². The molecule has 0 spiro atoms. The van der Waals surface area contributed by atoms with Gasteiger partial charge in [-0.2, -0.15) is 0 Å². The molecule has 0 aromatic heterocycles. The largest absolute Gasteiger partial charge is 0.497 e. The highest BCUT2D eigenvalue weighted by Gasteiger charge is 2.57. The Hall–Kier alpha value is -2.81. The Morgan fingerprint density at radius 1 is 0.837 bits per heavy atom. The second kappa shape index (κ2) is 15.6. The highest BCUT2D eigenvalue weighted by Crippen LogP contribution is 2.61. The van der Waals surface area contributed by atoms with Gasteiger partial charge in [0.15, 0.2) is 0 Å². The number of Topliss-reactive ketones (excluding diaryl/α,β-unsaturated/α-hetero) is 2. The van der Waals surface area contributed by atoms with Crippen LogP contribution >= 0.6 is 22.6 Å². The van der Waals surface area contributed by atoms with E-state index >= 15 is 0 Å². The van der Waals surface area contributed by atoms with Crippen molar-refractivity contribution in [1.29, 1.82) is 0 Å². The normalized spacial score (nSPS) is 28.4. The van der Waals surface area contributed by atoms with Gasteiger partial charge in [-0.3, -0.25) is 9.59 Å². The maximum Gasteiger partial charge on any atom is 0.147 e. The van der Waals surface area contributed by atoms with Crippen molar-refractivity contribution in [2.24, 2.45) is 22.7 Å². The molecule has 2 aliphatic heterocycles. The van der Waals surface area contributed by atoms with Crippen molar-refractivity contribution >= 4 is 39.7 Å². The number of alkyl halides is 1. The fourth-order valence-electron chi connectivity index (χ4n) is 10.2. The van der Waals surface area contributed by atoms with Gasteiger partial charge in [0.2, 0.25) is 0 Å². The summed E-state index contributed by atoms with van der Waals surface area (Å²) in [5.41, 5.74) is 6.09. The minimum absolute atomic E-state index is 0. The lowest BCUT2D eigenvalue weighted by atomic mass is 9.56. The highest BCUT2D eigenvalue weighted by molar-refractivity contribution is 14.1. The molecule has 0 N–H and O–H groups in total. The van der Waals surface area contributed by atoms with Crippen LogP contribution in [0.2, 0.25) is 0 Å². The number of hydrogen-bond acceptors (Lipinski definition) is 6. The molecular formula is C42H55IO6. The summed E-state index contributed by atoms with van der Waals surface area (Å²) in [4.78, 5) is 27.2. The number of fused-ring (bicyclic) bond motifs is 9. The quantitative estimate of drug-likeness (QED) is 0.215. The molecule has 8 rings (SSSR count). The number of halogens is 1. The topological polar surface area (TPSA) is 71.1 Å². The first-order chi connectivity index (χ1) is 23.4. The van der Waals surface area contributed by atoms with Gasteiger partial charge in [0.05, 0.1) is 26.2 Å². The maximum atomic E-state index is 12.7. The minimum Gasteiger partial charge on any atom is -0.497 e. The molecule has 266 valence electrons. The third-order valence-electron chi connectivity index (χ3n) is 12.2. The molecule has 0 saturated heterocycles. The summed E-state index contributed by atoms with van der Waals surface area (Å²) in [5, 5.41) is 0. The van der Waals surface area contributed by atoms with Gasteiger partial charge in [-0.15, -0.1) is 0 Å². The molecule has 0 radical (unpaired) electrons. The zero-order chi connectivity index (χ0) is 34.1. The van der Waals surface area contributed by atoms with E-state index in [0.29, 0.717) is 42.3 Å². The van der Waals surface area contributed by atoms with Gasteiger partial charge >= 0.3 is 0 Å². The summed E-state index contributed by atoms with van der Waals surface area (Å²) >= 11 is 2.15. The predicted octanol–water partition coefficient (Wildman–Crippen LogP) is 10.4. The molecular weight excluding hydrogens is 727 g/mol. The SMILES string of the molecule is C.CCC[C@]12CCC3=C(COc4cc(OC)ccc43)C1=CCC2=O.CCC[C@]12CC[C@@H]3c4ccc(OC)cc4OC[C@@H]3[C@@H]1CCC2=O.CI. The third-order valence-corrected chi connectivity index (χ3v) is 12.2. The number of ketones is 2. The second-order valence-electron chi connectivity index (χ2n) is 14.2. The molecule has 0 bridgehead atoms. The summed E-state index contributed by atoms with van der Waals surface area (Å²) in [7, 11) is 3.36. The van der Waals surface area contributed by atoms with E-state index in [4.69, 9.17) is 18.9 Å². The first-order valence-electron chi connectivity index (χ1n) is 17.9. The van der Waals surface area contributed by atoms with E-state index in [0.717, 1.165) is 99.4 Å². The van der Waals surface area contributed by atoms with Crippen LogP contribution < -0.4 is 18.9 Å². The number of carbonyl (C=O) groups is 2. The third kappa shape index (κ3) is 6.35. The molecule has 2 aromatic rings. The van der Waals surface area contributed by atoms with E-state index in [1.807, 2.05) is 29.2 Å². The van der Waals surface area contributed by atoms with Crippen LogP contribution in [0.4, 0.5) is 0 Å². The van der Waals surface area contributed by atoms with Crippen molar-refractivity contribution in [3.05, 3.63) is 64.7 Å².